The van der Waals surface area contributed by atoms with E-state index in [4.69, 9.17) is 4.74 Å². The van der Waals surface area contributed by atoms with Crippen molar-refractivity contribution in [2.75, 3.05) is 25.1 Å². The van der Waals surface area contributed by atoms with Crippen LogP contribution in [-0.4, -0.2) is 35.9 Å². The molecule has 2 N–H and O–H groups in total. The Hall–Kier alpha value is -1.73. The lowest BCUT2D eigenvalue weighted by Gasteiger charge is -2.37. The lowest BCUT2D eigenvalue weighted by Crippen LogP contribution is -2.40. The van der Waals surface area contributed by atoms with E-state index < -0.39 is 16.8 Å². The third-order valence-corrected chi connectivity index (χ3v) is 5.29. The molecule has 0 aromatic heterocycles. The standard InChI is InChI=1S/C16H21FN2O4/c17-13-9-12(19(21)22)1-2-14(13)18-10-11-3-4-16(15(11)20)5-7-23-8-6-16/h1-2,9,11,15,18,20H,3-8,10H2/t11-,15+/m0/s1. The van der Waals surface area contributed by atoms with Crippen LogP contribution in [0.15, 0.2) is 18.2 Å². The first-order valence-electron chi connectivity index (χ1n) is 7.95. The van der Waals surface area contributed by atoms with Crippen molar-refractivity contribution in [3.63, 3.8) is 0 Å². The number of nitro groups is 1. The van der Waals surface area contributed by atoms with Crippen molar-refractivity contribution in [2.24, 2.45) is 11.3 Å². The van der Waals surface area contributed by atoms with Gasteiger partial charge in [0.1, 0.15) is 0 Å². The van der Waals surface area contributed by atoms with Crippen LogP contribution in [0.25, 0.3) is 0 Å². The molecule has 2 fully saturated rings. The van der Waals surface area contributed by atoms with Crippen LogP contribution in [-0.2, 0) is 4.74 Å². The maximum Gasteiger partial charge on any atom is 0.272 e. The summed E-state index contributed by atoms with van der Waals surface area (Å²) in [5, 5.41) is 24.3. The number of nitro benzene ring substituents is 1. The average molecular weight is 324 g/mol. The van der Waals surface area contributed by atoms with E-state index in [0.717, 1.165) is 31.7 Å². The van der Waals surface area contributed by atoms with Crippen LogP contribution in [0.2, 0.25) is 0 Å². The topological polar surface area (TPSA) is 84.6 Å². The molecule has 23 heavy (non-hydrogen) atoms. The monoisotopic (exact) mass is 324 g/mol. The molecule has 3 rings (SSSR count). The van der Waals surface area contributed by atoms with Gasteiger partial charge >= 0.3 is 0 Å². The zero-order valence-electron chi connectivity index (χ0n) is 12.8. The van der Waals surface area contributed by atoms with E-state index in [1.54, 1.807) is 0 Å². The van der Waals surface area contributed by atoms with Gasteiger partial charge in [-0.3, -0.25) is 10.1 Å². The number of non-ortho nitro benzene ring substituents is 1. The quantitative estimate of drug-likeness (QED) is 0.657. The SMILES string of the molecule is O=[N+]([O-])c1ccc(NC[C@@H]2CCC3(CCOCC3)[C@@H]2O)c(F)c1. The number of nitrogens with zero attached hydrogens (tertiary/aromatic N) is 1. The zero-order chi connectivity index (χ0) is 16.4. The molecule has 2 atom stereocenters. The first-order chi connectivity index (χ1) is 11.0. The number of hydrogen-bond acceptors (Lipinski definition) is 5. The highest BCUT2D eigenvalue weighted by atomic mass is 19.1. The summed E-state index contributed by atoms with van der Waals surface area (Å²) >= 11 is 0. The van der Waals surface area contributed by atoms with Gasteiger partial charge in [-0.2, -0.15) is 0 Å². The van der Waals surface area contributed by atoms with Crippen LogP contribution < -0.4 is 5.32 Å². The minimum atomic E-state index is -0.646. The van der Waals surface area contributed by atoms with Crippen molar-refractivity contribution in [1.29, 1.82) is 0 Å². The Morgan fingerprint density at radius 3 is 2.78 bits per heavy atom. The van der Waals surface area contributed by atoms with Gasteiger partial charge in [-0.05, 0) is 31.7 Å². The van der Waals surface area contributed by atoms with Crippen LogP contribution in [0.5, 0.6) is 0 Å². The van der Waals surface area contributed by atoms with Crippen molar-refractivity contribution in [3.8, 4) is 0 Å². The fourth-order valence-corrected chi connectivity index (χ4v) is 3.82. The maximum absolute atomic E-state index is 13.9. The minimum Gasteiger partial charge on any atom is -0.392 e. The van der Waals surface area contributed by atoms with Crippen LogP contribution >= 0.6 is 0 Å². The van der Waals surface area contributed by atoms with E-state index in [9.17, 15) is 19.6 Å². The molecule has 1 heterocycles. The first kappa shape index (κ1) is 16.1. The summed E-state index contributed by atoms with van der Waals surface area (Å²) in [7, 11) is 0. The molecule has 1 aliphatic carbocycles. The molecule has 2 aliphatic rings. The number of rotatable bonds is 4. The summed E-state index contributed by atoms with van der Waals surface area (Å²) in [4.78, 5) is 10.00. The first-order valence-corrected chi connectivity index (χ1v) is 7.95. The summed E-state index contributed by atoms with van der Waals surface area (Å²) in [5.41, 5.74) is -0.0932. The molecule has 1 saturated carbocycles. The Morgan fingerprint density at radius 1 is 1.39 bits per heavy atom. The molecular formula is C16H21FN2O4. The number of hydrogen-bond donors (Lipinski definition) is 2. The molecule has 7 heteroatoms. The van der Waals surface area contributed by atoms with Crippen molar-refractivity contribution in [3.05, 3.63) is 34.1 Å². The average Bonchev–Trinajstić information content (AvgIpc) is 2.83. The van der Waals surface area contributed by atoms with Crippen LogP contribution in [0.3, 0.4) is 0 Å². The fourth-order valence-electron chi connectivity index (χ4n) is 3.82. The van der Waals surface area contributed by atoms with E-state index >= 15 is 0 Å². The van der Waals surface area contributed by atoms with Gasteiger partial charge in [-0.25, -0.2) is 4.39 Å². The fraction of sp³-hybridized carbons (Fsp3) is 0.625. The largest absolute Gasteiger partial charge is 0.392 e. The van der Waals surface area contributed by atoms with E-state index in [1.165, 1.54) is 12.1 Å². The van der Waals surface area contributed by atoms with Crippen molar-refractivity contribution in [2.45, 2.75) is 31.8 Å². The second-order valence-corrected chi connectivity index (χ2v) is 6.52. The number of aliphatic hydroxyl groups excluding tert-OH is 1. The van der Waals surface area contributed by atoms with Gasteiger partial charge in [-0.1, -0.05) is 0 Å². The molecular weight excluding hydrogens is 303 g/mol. The number of halogens is 1. The van der Waals surface area contributed by atoms with E-state index in [1.807, 2.05) is 0 Å². The van der Waals surface area contributed by atoms with Crippen LogP contribution in [0.1, 0.15) is 25.7 Å². The highest BCUT2D eigenvalue weighted by Gasteiger charge is 2.47. The van der Waals surface area contributed by atoms with Gasteiger partial charge in [0.25, 0.3) is 5.69 Å². The van der Waals surface area contributed by atoms with Crippen LogP contribution in [0, 0.1) is 27.3 Å². The predicted molar refractivity (Wildman–Crippen MR) is 82.8 cm³/mol. The van der Waals surface area contributed by atoms with Crippen LogP contribution in [0.4, 0.5) is 15.8 Å². The summed E-state index contributed by atoms with van der Waals surface area (Å²) < 4.78 is 19.3. The van der Waals surface area contributed by atoms with Gasteiger partial charge in [0.2, 0.25) is 0 Å². The maximum atomic E-state index is 13.9. The van der Waals surface area contributed by atoms with Crippen molar-refractivity contribution < 1.29 is 19.2 Å². The zero-order valence-corrected chi connectivity index (χ0v) is 12.8. The smallest absolute Gasteiger partial charge is 0.272 e. The third kappa shape index (κ3) is 3.16. The van der Waals surface area contributed by atoms with Crippen molar-refractivity contribution >= 4 is 11.4 Å². The van der Waals surface area contributed by atoms with Gasteiger partial charge < -0.3 is 15.2 Å². The normalized spacial score (nSPS) is 26.3. The molecule has 1 aromatic rings. The second-order valence-electron chi connectivity index (χ2n) is 6.52. The van der Waals surface area contributed by atoms with Gasteiger partial charge in [0, 0.05) is 37.2 Å². The van der Waals surface area contributed by atoms with Crippen molar-refractivity contribution in [1.82, 2.24) is 0 Å². The Morgan fingerprint density at radius 2 is 2.13 bits per heavy atom. The lowest BCUT2D eigenvalue weighted by molar-refractivity contribution is -0.385. The minimum absolute atomic E-state index is 0.0569. The molecule has 0 unspecified atom stereocenters. The molecule has 6 nitrogen and oxygen atoms in total. The molecule has 0 bridgehead atoms. The lowest BCUT2D eigenvalue weighted by atomic mass is 9.76. The Bertz CT molecular complexity index is 589. The molecule has 0 amide bonds. The van der Waals surface area contributed by atoms with E-state index in [0.29, 0.717) is 19.8 Å². The van der Waals surface area contributed by atoms with E-state index in [2.05, 4.69) is 5.32 Å². The van der Waals surface area contributed by atoms with Gasteiger partial charge in [0.05, 0.1) is 22.8 Å². The number of benzene rings is 1. The summed E-state index contributed by atoms with van der Waals surface area (Å²) in [6.45, 7) is 1.83. The number of anilines is 1. The highest BCUT2D eigenvalue weighted by Crippen LogP contribution is 2.48. The molecule has 0 radical (unpaired) electrons. The molecule has 1 aromatic carbocycles. The van der Waals surface area contributed by atoms with E-state index in [-0.39, 0.29) is 22.7 Å². The summed E-state index contributed by atoms with van der Waals surface area (Å²) in [5.74, 6) is -0.588. The third-order valence-electron chi connectivity index (χ3n) is 5.29. The number of aliphatic hydroxyl groups is 1. The number of ether oxygens (including phenoxy) is 1. The molecule has 1 aliphatic heterocycles. The molecule has 1 spiro atoms. The molecule has 126 valence electrons. The Kier molecular flexibility index (Phi) is 4.50. The van der Waals surface area contributed by atoms with Gasteiger partial charge in [0.15, 0.2) is 5.82 Å². The second kappa shape index (κ2) is 6.41. The summed E-state index contributed by atoms with van der Waals surface area (Å²) in [6, 6.07) is 3.56. The van der Waals surface area contributed by atoms with Gasteiger partial charge in [-0.15, -0.1) is 0 Å². The predicted octanol–water partition coefficient (Wildman–Crippen LogP) is 2.71. The molecule has 1 saturated heterocycles. The Balaban J connectivity index is 1.62. The highest BCUT2D eigenvalue weighted by molar-refractivity contribution is 5.50. The summed E-state index contributed by atoms with van der Waals surface area (Å²) in [6.07, 6.45) is 3.18. The Labute approximate surface area is 133 Å². The number of nitrogens with one attached hydrogen (secondary N) is 1.